The van der Waals surface area contributed by atoms with Gasteiger partial charge in [0, 0.05) is 19.3 Å². The van der Waals surface area contributed by atoms with Crippen molar-refractivity contribution in [2.75, 3.05) is 18.5 Å². The molecule has 1 aliphatic rings. The number of nitrogens with two attached hydrogens (primary N) is 1. The van der Waals surface area contributed by atoms with Crippen LogP contribution in [0, 0.1) is 16.7 Å². The fraction of sp³-hybridized carbons (Fsp3) is 0.467. The van der Waals surface area contributed by atoms with Gasteiger partial charge in [0.05, 0.1) is 17.0 Å². The SMILES string of the molecule is CN(C(=O)C1(CN)CCCC1)c1cccc(C#N)c1. The fourth-order valence-corrected chi connectivity index (χ4v) is 2.81. The summed E-state index contributed by atoms with van der Waals surface area (Å²) in [6, 6.07) is 9.20. The van der Waals surface area contributed by atoms with E-state index in [1.54, 1.807) is 30.1 Å². The first kappa shape index (κ1) is 13.6. The molecule has 0 heterocycles. The summed E-state index contributed by atoms with van der Waals surface area (Å²) >= 11 is 0. The highest BCUT2D eigenvalue weighted by Gasteiger charge is 2.41. The quantitative estimate of drug-likeness (QED) is 0.900. The Labute approximate surface area is 113 Å². The summed E-state index contributed by atoms with van der Waals surface area (Å²) in [5.74, 6) is 0.0718. The minimum Gasteiger partial charge on any atom is -0.329 e. The third kappa shape index (κ3) is 2.47. The minimum absolute atomic E-state index is 0.0718. The van der Waals surface area contributed by atoms with Gasteiger partial charge in [-0.05, 0) is 31.0 Å². The molecular weight excluding hydrogens is 238 g/mol. The van der Waals surface area contributed by atoms with Gasteiger partial charge in [0.1, 0.15) is 0 Å². The molecule has 2 rings (SSSR count). The van der Waals surface area contributed by atoms with Gasteiger partial charge in [0.2, 0.25) is 5.91 Å². The zero-order chi connectivity index (χ0) is 13.9. The molecular formula is C15H19N3O. The normalized spacial score (nSPS) is 16.9. The van der Waals surface area contributed by atoms with Crippen LogP contribution in [0.15, 0.2) is 24.3 Å². The minimum atomic E-state index is -0.405. The van der Waals surface area contributed by atoms with E-state index >= 15 is 0 Å². The third-order valence-corrected chi connectivity index (χ3v) is 4.07. The van der Waals surface area contributed by atoms with E-state index < -0.39 is 5.41 Å². The summed E-state index contributed by atoms with van der Waals surface area (Å²) in [5, 5.41) is 8.92. The molecule has 0 aliphatic heterocycles. The van der Waals surface area contributed by atoms with Gasteiger partial charge in [-0.15, -0.1) is 0 Å². The van der Waals surface area contributed by atoms with Gasteiger partial charge in [-0.25, -0.2) is 0 Å². The number of hydrogen-bond acceptors (Lipinski definition) is 3. The zero-order valence-corrected chi connectivity index (χ0v) is 11.2. The smallest absolute Gasteiger partial charge is 0.234 e. The van der Waals surface area contributed by atoms with Crippen molar-refractivity contribution < 1.29 is 4.79 Å². The number of hydrogen-bond donors (Lipinski definition) is 1. The first-order valence-corrected chi connectivity index (χ1v) is 6.61. The molecule has 19 heavy (non-hydrogen) atoms. The van der Waals surface area contributed by atoms with Gasteiger partial charge >= 0.3 is 0 Å². The number of amides is 1. The molecule has 0 spiro atoms. The molecule has 1 amide bonds. The summed E-state index contributed by atoms with van der Waals surface area (Å²) in [7, 11) is 1.76. The standard InChI is InChI=1S/C15H19N3O/c1-18(13-6-4-5-12(9-13)10-16)14(19)15(11-17)7-2-3-8-15/h4-6,9H,2-3,7-8,11,17H2,1H3. The molecule has 2 N–H and O–H groups in total. The Hall–Kier alpha value is -1.86. The maximum absolute atomic E-state index is 12.7. The molecule has 0 unspecified atom stereocenters. The van der Waals surface area contributed by atoms with Gasteiger partial charge in [0.15, 0.2) is 0 Å². The van der Waals surface area contributed by atoms with Crippen molar-refractivity contribution in [2.45, 2.75) is 25.7 Å². The number of carbonyl (C=O) groups is 1. The van der Waals surface area contributed by atoms with Crippen LogP contribution in [0.3, 0.4) is 0 Å². The second kappa shape index (κ2) is 5.41. The van der Waals surface area contributed by atoms with Crippen molar-refractivity contribution in [2.24, 2.45) is 11.1 Å². The molecule has 0 aromatic heterocycles. The average molecular weight is 257 g/mol. The predicted molar refractivity (Wildman–Crippen MR) is 74.5 cm³/mol. The van der Waals surface area contributed by atoms with Crippen LogP contribution in [0.2, 0.25) is 0 Å². The molecule has 0 bridgehead atoms. The van der Waals surface area contributed by atoms with Crippen molar-refractivity contribution in [3.05, 3.63) is 29.8 Å². The Balaban J connectivity index is 2.25. The van der Waals surface area contributed by atoms with E-state index in [0.29, 0.717) is 12.1 Å². The number of carbonyl (C=O) groups excluding carboxylic acids is 1. The number of anilines is 1. The summed E-state index contributed by atoms with van der Waals surface area (Å²) < 4.78 is 0. The van der Waals surface area contributed by atoms with Gasteiger partial charge in [-0.1, -0.05) is 18.9 Å². The second-order valence-electron chi connectivity index (χ2n) is 5.22. The Morgan fingerprint density at radius 3 is 2.74 bits per heavy atom. The molecule has 0 atom stereocenters. The molecule has 1 fully saturated rings. The highest BCUT2D eigenvalue weighted by atomic mass is 16.2. The largest absolute Gasteiger partial charge is 0.329 e. The van der Waals surface area contributed by atoms with Crippen LogP contribution in [0.25, 0.3) is 0 Å². The van der Waals surface area contributed by atoms with E-state index in [9.17, 15) is 4.79 Å². The molecule has 4 heteroatoms. The van der Waals surface area contributed by atoms with Crippen LogP contribution in [0.1, 0.15) is 31.2 Å². The number of nitriles is 1. The van der Waals surface area contributed by atoms with Crippen molar-refractivity contribution in [3.63, 3.8) is 0 Å². The van der Waals surface area contributed by atoms with E-state index in [4.69, 9.17) is 11.0 Å². The van der Waals surface area contributed by atoms with E-state index in [1.807, 2.05) is 6.07 Å². The molecule has 0 radical (unpaired) electrons. The van der Waals surface area contributed by atoms with Gasteiger partial charge in [-0.2, -0.15) is 5.26 Å². The summed E-state index contributed by atoms with van der Waals surface area (Å²) in [6.45, 7) is 0.397. The summed E-state index contributed by atoms with van der Waals surface area (Å²) in [5.41, 5.74) is 6.75. The van der Waals surface area contributed by atoms with E-state index in [2.05, 4.69) is 6.07 Å². The van der Waals surface area contributed by atoms with Crippen LogP contribution in [-0.4, -0.2) is 19.5 Å². The van der Waals surface area contributed by atoms with E-state index in [0.717, 1.165) is 31.4 Å². The topological polar surface area (TPSA) is 70.1 Å². The van der Waals surface area contributed by atoms with Gasteiger partial charge < -0.3 is 10.6 Å². The number of benzene rings is 1. The molecule has 1 aromatic carbocycles. The van der Waals surface area contributed by atoms with Crippen LogP contribution in [0.4, 0.5) is 5.69 Å². The van der Waals surface area contributed by atoms with E-state index in [1.165, 1.54) is 0 Å². The Morgan fingerprint density at radius 2 is 2.16 bits per heavy atom. The molecule has 100 valence electrons. The molecule has 1 aliphatic carbocycles. The lowest BCUT2D eigenvalue weighted by Crippen LogP contribution is -2.45. The van der Waals surface area contributed by atoms with Crippen molar-refractivity contribution in [1.82, 2.24) is 0 Å². The van der Waals surface area contributed by atoms with Gasteiger partial charge in [-0.3, -0.25) is 4.79 Å². The maximum Gasteiger partial charge on any atom is 0.234 e. The highest BCUT2D eigenvalue weighted by Crippen LogP contribution is 2.39. The Bertz CT molecular complexity index is 512. The van der Waals surface area contributed by atoms with E-state index in [-0.39, 0.29) is 5.91 Å². The lowest BCUT2D eigenvalue weighted by Gasteiger charge is -2.31. The molecule has 4 nitrogen and oxygen atoms in total. The lowest BCUT2D eigenvalue weighted by atomic mass is 9.84. The number of nitrogens with zero attached hydrogens (tertiary/aromatic N) is 2. The van der Waals surface area contributed by atoms with Crippen LogP contribution in [-0.2, 0) is 4.79 Å². The molecule has 1 saturated carbocycles. The molecule has 0 saturated heterocycles. The first-order chi connectivity index (χ1) is 9.13. The third-order valence-electron chi connectivity index (χ3n) is 4.07. The second-order valence-corrected chi connectivity index (χ2v) is 5.22. The van der Waals surface area contributed by atoms with Crippen molar-refractivity contribution in [1.29, 1.82) is 5.26 Å². The summed E-state index contributed by atoms with van der Waals surface area (Å²) in [4.78, 5) is 14.3. The maximum atomic E-state index is 12.7. The van der Waals surface area contributed by atoms with Crippen LogP contribution < -0.4 is 10.6 Å². The average Bonchev–Trinajstić information content (AvgIpc) is 2.96. The van der Waals surface area contributed by atoms with Crippen LogP contribution in [0.5, 0.6) is 0 Å². The van der Waals surface area contributed by atoms with Crippen molar-refractivity contribution in [3.8, 4) is 6.07 Å². The lowest BCUT2D eigenvalue weighted by molar-refractivity contribution is -0.127. The fourth-order valence-electron chi connectivity index (χ4n) is 2.81. The molecule has 1 aromatic rings. The van der Waals surface area contributed by atoms with Crippen LogP contribution >= 0.6 is 0 Å². The Kier molecular flexibility index (Phi) is 3.87. The Morgan fingerprint density at radius 1 is 1.47 bits per heavy atom. The zero-order valence-electron chi connectivity index (χ0n) is 11.2. The highest BCUT2D eigenvalue weighted by molar-refractivity contribution is 5.97. The predicted octanol–water partition coefficient (Wildman–Crippen LogP) is 2.04. The number of rotatable bonds is 3. The van der Waals surface area contributed by atoms with Gasteiger partial charge in [0.25, 0.3) is 0 Å². The first-order valence-electron chi connectivity index (χ1n) is 6.61. The summed E-state index contributed by atoms with van der Waals surface area (Å²) in [6.07, 6.45) is 3.86. The monoisotopic (exact) mass is 257 g/mol. The van der Waals surface area contributed by atoms with Crippen molar-refractivity contribution >= 4 is 11.6 Å².